The number of hydrogen-bond acceptors (Lipinski definition) is 7. The van der Waals surface area contributed by atoms with E-state index >= 15 is 0 Å². The van der Waals surface area contributed by atoms with Crippen LogP contribution in [0.2, 0.25) is 0 Å². The van der Waals surface area contributed by atoms with Crippen LogP contribution in [0.3, 0.4) is 0 Å². The second kappa shape index (κ2) is 10.2. The Bertz CT molecular complexity index is 1070. The lowest BCUT2D eigenvalue weighted by Gasteiger charge is -2.37. The monoisotopic (exact) mass is 466 g/mol. The van der Waals surface area contributed by atoms with Crippen LogP contribution in [0.5, 0.6) is 17.2 Å². The number of hydrogen-bond donors (Lipinski definition) is 0. The number of rotatable bonds is 7. The first-order chi connectivity index (χ1) is 16.4. The summed E-state index contributed by atoms with van der Waals surface area (Å²) in [7, 11) is 3.05. The van der Waals surface area contributed by atoms with E-state index < -0.39 is 5.97 Å². The van der Waals surface area contributed by atoms with Gasteiger partial charge in [-0.3, -0.25) is 4.79 Å². The van der Waals surface area contributed by atoms with Gasteiger partial charge in [0, 0.05) is 12.5 Å². The maximum Gasteiger partial charge on any atom is 0.338 e. The van der Waals surface area contributed by atoms with E-state index in [-0.39, 0.29) is 35.6 Å². The summed E-state index contributed by atoms with van der Waals surface area (Å²) in [5.74, 6) is 1.30. The zero-order chi connectivity index (χ0) is 24.2. The van der Waals surface area contributed by atoms with Gasteiger partial charge < -0.3 is 23.7 Å². The average Bonchev–Trinajstić information content (AvgIpc) is 2.85. The summed E-state index contributed by atoms with van der Waals surface area (Å²) < 4.78 is 28.1. The van der Waals surface area contributed by atoms with Crippen molar-refractivity contribution in [2.75, 3.05) is 14.2 Å². The van der Waals surface area contributed by atoms with Crippen LogP contribution in [0.1, 0.15) is 54.9 Å². The molecule has 7 heteroatoms. The van der Waals surface area contributed by atoms with Crippen LogP contribution in [0.25, 0.3) is 0 Å². The molecule has 0 bridgehead atoms. The number of ether oxygens (including phenoxy) is 5. The minimum atomic E-state index is -0.465. The molecule has 2 aliphatic rings. The maximum absolute atomic E-state index is 13.1. The van der Waals surface area contributed by atoms with Crippen LogP contribution in [0.4, 0.5) is 0 Å². The molecular formula is C27H30O7. The highest BCUT2D eigenvalue weighted by atomic mass is 16.6. The van der Waals surface area contributed by atoms with Crippen molar-refractivity contribution >= 4 is 11.8 Å². The standard InChI is InChI=1S/C27H30O7/c1-16(2)21-7-5-6-8-23(21)34-25-15-32-24-14-18(9-10-22(24)26(25)28)33-27(29)17-11-19(30-3)13-20(12-17)31-4/h5-8,11-13,15-16,18,22,24H,9-10,14H2,1-4H3. The van der Waals surface area contributed by atoms with Gasteiger partial charge in [0.2, 0.25) is 11.5 Å². The Hall–Kier alpha value is -3.48. The van der Waals surface area contributed by atoms with Crippen LogP contribution >= 0.6 is 0 Å². The van der Waals surface area contributed by atoms with Crippen LogP contribution < -0.4 is 14.2 Å². The number of para-hydroxylation sites is 1. The fraction of sp³-hybridized carbons (Fsp3) is 0.407. The first-order valence-electron chi connectivity index (χ1n) is 11.5. The van der Waals surface area contributed by atoms with Gasteiger partial charge in [-0.25, -0.2) is 4.79 Å². The maximum atomic E-state index is 13.1. The van der Waals surface area contributed by atoms with E-state index in [1.165, 1.54) is 20.5 Å². The fourth-order valence-electron chi connectivity index (χ4n) is 4.43. The molecule has 180 valence electrons. The predicted octanol–water partition coefficient (Wildman–Crippen LogP) is 5.04. The lowest BCUT2D eigenvalue weighted by Crippen LogP contribution is -2.43. The molecule has 0 amide bonds. The molecule has 1 aliphatic heterocycles. The zero-order valence-electron chi connectivity index (χ0n) is 19.9. The number of esters is 1. The fourth-order valence-corrected chi connectivity index (χ4v) is 4.43. The van der Waals surface area contributed by atoms with E-state index in [9.17, 15) is 9.59 Å². The van der Waals surface area contributed by atoms with E-state index in [1.54, 1.807) is 18.2 Å². The molecule has 1 fully saturated rings. The van der Waals surface area contributed by atoms with Crippen molar-refractivity contribution in [2.24, 2.45) is 5.92 Å². The van der Waals surface area contributed by atoms with E-state index in [1.807, 2.05) is 24.3 Å². The van der Waals surface area contributed by atoms with Crippen LogP contribution in [0, 0.1) is 5.92 Å². The Morgan fingerprint density at radius 1 is 1.03 bits per heavy atom. The average molecular weight is 467 g/mol. The molecule has 1 heterocycles. The number of allylic oxidation sites excluding steroid dienone is 1. The number of Topliss-reactive ketones (excluding diaryl/α,β-unsaturated/α-hetero) is 1. The summed E-state index contributed by atoms with van der Waals surface area (Å²) in [5, 5.41) is 0. The highest BCUT2D eigenvalue weighted by Gasteiger charge is 2.42. The third kappa shape index (κ3) is 5.03. The SMILES string of the molecule is COc1cc(OC)cc(C(=O)OC2CCC3C(=O)C(Oc4ccccc4C(C)C)=COC3C2)c1. The minimum absolute atomic E-state index is 0.0721. The molecule has 34 heavy (non-hydrogen) atoms. The molecule has 1 saturated carbocycles. The van der Waals surface area contributed by atoms with E-state index in [0.29, 0.717) is 42.1 Å². The molecule has 3 unspecified atom stereocenters. The Morgan fingerprint density at radius 3 is 2.41 bits per heavy atom. The van der Waals surface area contributed by atoms with Crippen molar-refractivity contribution in [1.82, 2.24) is 0 Å². The molecule has 2 aromatic carbocycles. The molecular weight excluding hydrogens is 436 g/mol. The van der Waals surface area contributed by atoms with Gasteiger partial charge in [-0.1, -0.05) is 32.0 Å². The van der Waals surface area contributed by atoms with E-state index in [4.69, 9.17) is 23.7 Å². The van der Waals surface area contributed by atoms with Crippen molar-refractivity contribution in [2.45, 2.75) is 51.2 Å². The summed E-state index contributed by atoms with van der Waals surface area (Å²) in [6.07, 6.45) is 2.25. The van der Waals surface area contributed by atoms with Crippen molar-refractivity contribution in [3.8, 4) is 17.2 Å². The highest BCUT2D eigenvalue weighted by molar-refractivity contribution is 5.96. The van der Waals surface area contributed by atoms with Crippen LogP contribution in [0.15, 0.2) is 54.5 Å². The summed E-state index contributed by atoms with van der Waals surface area (Å²) in [5.41, 5.74) is 1.38. The van der Waals surface area contributed by atoms with Gasteiger partial charge in [0.1, 0.15) is 35.7 Å². The molecule has 1 aliphatic carbocycles. The largest absolute Gasteiger partial charge is 0.497 e. The molecule has 0 saturated heterocycles. The van der Waals surface area contributed by atoms with Gasteiger partial charge in [0.05, 0.1) is 25.7 Å². The molecule has 7 nitrogen and oxygen atoms in total. The second-order valence-corrected chi connectivity index (χ2v) is 8.86. The Balaban J connectivity index is 1.41. The summed E-state index contributed by atoms with van der Waals surface area (Å²) in [6, 6.07) is 12.6. The number of fused-ring (bicyclic) bond motifs is 1. The zero-order valence-corrected chi connectivity index (χ0v) is 19.9. The number of carbonyl (C=O) groups excluding carboxylic acids is 2. The first kappa shape index (κ1) is 23.7. The number of carbonyl (C=O) groups is 2. The minimum Gasteiger partial charge on any atom is -0.497 e. The van der Waals surface area contributed by atoms with Crippen LogP contribution in [-0.4, -0.2) is 38.2 Å². The topological polar surface area (TPSA) is 80.3 Å². The van der Waals surface area contributed by atoms with Crippen molar-refractivity contribution in [1.29, 1.82) is 0 Å². The normalized spacial score (nSPS) is 21.7. The van der Waals surface area contributed by atoms with Gasteiger partial charge in [-0.2, -0.15) is 0 Å². The number of benzene rings is 2. The molecule has 0 aromatic heterocycles. The number of ketones is 1. The third-order valence-corrected chi connectivity index (χ3v) is 6.29. The van der Waals surface area contributed by atoms with Gasteiger partial charge in [-0.05, 0) is 42.5 Å². The molecule has 3 atom stereocenters. The second-order valence-electron chi connectivity index (χ2n) is 8.86. The van der Waals surface area contributed by atoms with Crippen molar-refractivity contribution in [3.63, 3.8) is 0 Å². The Labute approximate surface area is 199 Å². The summed E-state index contributed by atoms with van der Waals surface area (Å²) >= 11 is 0. The molecule has 0 spiro atoms. The van der Waals surface area contributed by atoms with Gasteiger partial charge in [0.25, 0.3) is 0 Å². The van der Waals surface area contributed by atoms with E-state index in [0.717, 1.165) is 5.56 Å². The van der Waals surface area contributed by atoms with Crippen molar-refractivity contribution in [3.05, 3.63) is 65.6 Å². The molecule has 2 aromatic rings. The summed E-state index contributed by atoms with van der Waals surface area (Å²) in [4.78, 5) is 25.9. The third-order valence-electron chi connectivity index (χ3n) is 6.29. The quantitative estimate of drug-likeness (QED) is 0.529. The Morgan fingerprint density at radius 2 is 1.74 bits per heavy atom. The summed E-state index contributed by atoms with van der Waals surface area (Å²) in [6.45, 7) is 4.16. The highest BCUT2D eigenvalue weighted by Crippen LogP contribution is 2.36. The predicted molar refractivity (Wildman–Crippen MR) is 125 cm³/mol. The molecule has 0 N–H and O–H groups in total. The molecule has 0 radical (unpaired) electrons. The lowest BCUT2D eigenvalue weighted by atomic mass is 9.80. The van der Waals surface area contributed by atoms with Crippen molar-refractivity contribution < 1.29 is 33.3 Å². The Kier molecular flexibility index (Phi) is 7.10. The molecule has 4 rings (SSSR count). The lowest BCUT2D eigenvalue weighted by molar-refractivity contribution is -0.132. The van der Waals surface area contributed by atoms with Crippen LogP contribution in [-0.2, 0) is 14.3 Å². The van der Waals surface area contributed by atoms with Gasteiger partial charge >= 0.3 is 5.97 Å². The number of methoxy groups -OCH3 is 2. The van der Waals surface area contributed by atoms with Gasteiger partial charge in [0.15, 0.2) is 0 Å². The van der Waals surface area contributed by atoms with Gasteiger partial charge in [-0.15, -0.1) is 0 Å². The first-order valence-corrected chi connectivity index (χ1v) is 11.5. The smallest absolute Gasteiger partial charge is 0.338 e. The van der Waals surface area contributed by atoms with E-state index in [2.05, 4.69) is 13.8 Å².